The van der Waals surface area contributed by atoms with Gasteiger partial charge in [-0.15, -0.1) is 0 Å². The predicted molar refractivity (Wildman–Crippen MR) is 59.8 cm³/mol. The molecule has 1 aromatic rings. The minimum Gasteiger partial charge on any atom is -0.393 e. The molecule has 0 aromatic carbocycles. The number of alkyl halides is 4. The van der Waals surface area contributed by atoms with E-state index in [1.807, 2.05) is 0 Å². The summed E-state index contributed by atoms with van der Waals surface area (Å²) in [5.74, 6) is -6.77. The molecule has 12 heteroatoms. The first-order valence-electron chi connectivity index (χ1n) is 5.75. The molecule has 1 aliphatic rings. The molecule has 1 aromatic heterocycles. The van der Waals surface area contributed by atoms with Crippen LogP contribution in [0.5, 0.6) is 0 Å². The number of rotatable bonds is 3. The number of nitrogens with two attached hydrogens (primary N) is 1. The van der Waals surface area contributed by atoms with Gasteiger partial charge in [0, 0.05) is 0 Å². The number of anilines is 1. The van der Waals surface area contributed by atoms with Crippen LogP contribution in [-0.4, -0.2) is 50.4 Å². The molecule has 1 unspecified atom stereocenters. The first-order valence-corrected chi connectivity index (χ1v) is 5.75. The van der Waals surface area contributed by atoms with Crippen LogP contribution in [0.2, 0.25) is 0 Å². The lowest BCUT2D eigenvalue weighted by atomic mass is 9.95. The van der Waals surface area contributed by atoms with Gasteiger partial charge in [-0.25, -0.2) is 18.0 Å². The summed E-state index contributed by atoms with van der Waals surface area (Å²) < 4.78 is 71.3. The van der Waals surface area contributed by atoms with Crippen LogP contribution in [0.1, 0.15) is 6.23 Å². The van der Waals surface area contributed by atoms with Crippen molar-refractivity contribution in [2.75, 3.05) is 12.3 Å². The first kappa shape index (κ1) is 16.6. The van der Waals surface area contributed by atoms with Crippen LogP contribution >= 0.6 is 0 Å². The van der Waals surface area contributed by atoms with Gasteiger partial charge in [-0.3, -0.25) is 4.57 Å². The number of aliphatic hydroxyl groups is 2. The van der Waals surface area contributed by atoms with Crippen LogP contribution in [0, 0.1) is 5.82 Å². The van der Waals surface area contributed by atoms with E-state index < -0.39 is 54.2 Å². The Morgan fingerprint density at radius 3 is 2.55 bits per heavy atom. The van der Waals surface area contributed by atoms with E-state index in [-0.39, 0.29) is 10.8 Å². The van der Waals surface area contributed by atoms with Gasteiger partial charge < -0.3 is 20.7 Å². The molecule has 3 atom stereocenters. The maximum Gasteiger partial charge on any atom is 0.351 e. The molecule has 7 nitrogen and oxygen atoms in total. The molecule has 4 N–H and O–H groups in total. The Balaban J connectivity index is 2.56. The van der Waals surface area contributed by atoms with Gasteiger partial charge in [-0.05, 0) is 0 Å². The maximum atomic E-state index is 13.9. The highest BCUT2D eigenvalue weighted by Crippen LogP contribution is 2.50. The largest absolute Gasteiger partial charge is 0.393 e. The summed E-state index contributed by atoms with van der Waals surface area (Å²) in [6.07, 6.45) is -8.94. The van der Waals surface area contributed by atoms with Crippen LogP contribution in [0.3, 0.4) is 0 Å². The predicted octanol–water partition coefficient (Wildman–Crippen LogP) is -0.514. The summed E-state index contributed by atoms with van der Waals surface area (Å²) in [6, 6.07) is 0. The zero-order valence-electron chi connectivity index (χ0n) is 10.6. The van der Waals surface area contributed by atoms with E-state index in [1.165, 1.54) is 0 Å². The van der Waals surface area contributed by atoms with Crippen molar-refractivity contribution in [1.29, 1.82) is 0 Å². The van der Waals surface area contributed by atoms with E-state index in [0.29, 0.717) is 0 Å². The van der Waals surface area contributed by atoms with Crippen LogP contribution in [0.4, 0.5) is 27.8 Å². The molecule has 2 heterocycles. The monoisotopic (exact) mass is 331 g/mol. The Bertz CT molecular complexity index is 639. The van der Waals surface area contributed by atoms with Crippen LogP contribution in [0.25, 0.3) is 0 Å². The highest BCUT2D eigenvalue weighted by atomic mass is 19.3. The van der Waals surface area contributed by atoms with Gasteiger partial charge in [-0.2, -0.15) is 13.8 Å². The van der Waals surface area contributed by atoms with Crippen molar-refractivity contribution in [2.45, 2.75) is 30.3 Å². The fourth-order valence-corrected chi connectivity index (χ4v) is 2.05. The van der Waals surface area contributed by atoms with Gasteiger partial charge in [0.2, 0.25) is 5.60 Å². The fourth-order valence-electron chi connectivity index (χ4n) is 2.05. The Kier molecular flexibility index (Phi) is 3.87. The van der Waals surface area contributed by atoms with E-state index in [1.54, 1.807) is 0 Å². The third kappa shape index (κ3) is 2.06. The minimum absolute atomic E-state index is 0.0596. The second-order valence-corrected chi connectivity index (χ2v) is 4.59. The number of aliphatic hydroxyl groups excluding tert-OH is 2. The van der Waals surface area contributed by atoms with E-state index in [0.717, 1.165) is 0 Å². The summed E-state index contributed by atoms with van der Waals surface area (Å²) in [6.45, 7) is -1.84. The Morgan fingerprint density at radius 2 is 2.09 bits per heavy atom. The molecular formula is C10H10F5N3O4. The lowest BCUT2D eigenvalue weighted by molar-refractivity contribution is -0.244. The van der Waals surface area contributed by atoms with Crippen LogP contribution in [-0.2, 0) is 4.74 Å². The topological polar surface area (TPSA) is 111 Å². The van der Waals surface area contributed by atoms with E-state index in [4.69, 9.17) is 10.8 Å². The average Bonchev–Trinajstić information content (AvgIpc) is 2.63. The Morgan fingerprint density at radius 1 is 1.50 bits per heavy atom. The van der Waals surface area contributed by atoms with E-state index in [2.05, 4.69) is 9.72 Å². The molecule has 0 bridgehead atoms. The standard InChI is InChI=1S/C10H10F5N3O4/c11-3-1-18(8(21)17-5(3)16)6-4(20)10(14,15)9(2-19,22-6)7(12)13/h1,4,6-7,19-20H,2H2,(H2,16,17,21)/t4?,6-,9+/m1/s1. The van der Waals surface area contributed by atoms with Gasteiger partial charge in [0.15, 0.2) is 24.0 Å². The summed E-state index contributed by atoms with van der Waals surface area (Å²) in [4.78, 5) is 14.5. The van der Waals surface area contributed by atoms with Gasteiger partial charge in [0.05, 0.1) is 12.8 Å². The van der Waals surface area contributed by atoms with E-state index in [9.17, 15) is 31.9 Å². The van der Waals surface area contributed by atoms with Gasteiger partial charge in [0.25, 0.3) is 6.43 Å². The summed E-state index contributed by atoms with van der Waals surface area (Å²) in [5.41, 5.74) is -0.150. The minimum atomic E-state index is -4.61. The number of nitrogen functional groups attached to an aromatic ring is 1. The molecule has 124 valence electrons. The number of hydrogen-bond acceptors (Lipinski definition) is 6. The van der Waals surface area contributed by atoms with Crippen molar-refractivity contribution in [3.8, 4) is 0 Å². The number of ether oxygens (including phenoxy) is 1. The van der Waals surface area contributed by atoms with Gasteiger partial charge >= 0.3 is 11.6 Å². The normalized spacial score (nSPS) is 30.9. The van der Waals surface area contributed by atoms with E-state index >= 15 is 0 Å². The molecule has 0 radical (unpaired) electrons. The van der Waals surface area contributed by atoms with Gasteiger partial charge in [0.1, 0.15) is 0 Å². The summed E-state index contributed by atoms with van der Waals surface area (Å²) >= 11 is 0. The zero-order valence-corrected chi connectivity index (χ0v) is 10.6. The second-order valence-electron chi connectivity index (χ2n) is 4.59. The lowest BCUT2D eigenvalue weighted by Crippen LogP contribution is -2.57. The van der Waals surface area contributed by atoms with Crippen molar-refractivity contribution in [2.24, 2.45) is 0 Å². The molecule has 0 spiro atoms. The number of halogens is 5. The highest BCUT2D eigenvalue weighted by Gasteiger charge is 2.73. The first-order chi connectivity index (χ1) is 10.1. The second kappa shape index (κ2) is 5.14. The zero-order chi connectivity index (χ0) is 16.9. The molecule has 1 aliphatic heterocycles. The average molecular weight is 331 g/mol. The van der Waals surface area contributed by atoms with Crippen molar-refractivity contribution in [3.05, 3.63) is 22.5 Å². The SMILES string of the molecule is Nc1nc(=O)n([C@@H]2O[C@@](CO)(C(F)F)C(F)(F)C2O)cc1F. The third-order valence-corrected chi connectivity index (χ3v) is 3.33. The van der Waals surface area contributed by atoms with Crippen LogP contribution < -0.4 is 11.4 Å². The molecule has 1 saturated heterocycles. The smallest absolute Gasteiger partial charge is 0.351 e. The van der Waals surface area contributed by atoms with Crippen molar-refractivity contribution < 1.29 is 36.9 Å². The molecule has 0 aliphatic carbocycles. The number of hydrogen-bond donors (Lipinski definition) is 3. The van der Waals surface area contributed by atoms with Crippen molar-refractivity contribution in [1.82, 2.24) is 9.55 Å². The molecule has 2 rings (SSSR count). The number of nitrogens with zero attached hydrogens (tertiary/aromatic N) is 2. The molecule has 1 fully saturated rings. The number of aromatic nitrogens is 2. The molecular weight excluding hydrogens is 321 g/mol. The molecule has 0 saturated carbocycles. The Labute approximate surface area is 118 Å². The fraction of sp³-hybridized carbons (Fsp3) is 0.600. The van der Waals surface area contributed by atoms with Crippen molar-refractivity contribution >= 4 is 5.82 Å². The summed E-state index contributed by atoms with van der Waals surface area (Å²) in [5, 5.41) is 18.4. The third-order valence-electron chi connectivity index (χ3n) is 3.33. The lowest BCUT2D eigenvalue weighted by Gasteiger charge is -2.31. The van der Waals surface area contributed by atoms with Gasteiger partial charge in [-0.1, -0.05) is 0 Å². The van der Waals surface area contributed by atoms with Crippen molar-refractivity contribution in [3.63, 3.8) is 0 Å². The quantitative estimate of drug-likeness (QED) is 0.643. The Hall–Kier alpha value is -1.79. The molecule has 22 heavy (non-hydrogen) atoms. The maximum absolute atomic E-state index is 13.9. The highest BCUT2D eigenvalue weighted by molar-refractivity contribution is 5.26. The molecule has 0 amide bonds. The summed E-state index contributed by atoms with van der Waals surface area (Å²) in [7, 11) is 0. The van der Waals surface area contributed by atoms with Crippen LogP contribution in [0.15, 0.2) is 11.0 Å².